The van der Waals surface area contributed by atoms with Crippen LogP contribution in [0.15, 0.2) is 0 Å². The molecule has 7 nitrogen and oxygen atoms in total. The van der Waals surface area contributed by atoms with Crippen LogP contribution >= 0.6 is 0 Å². The average Bonchev–Trinajstić information content (AvgIpc) is 2.53. The Morgan fingerprint density at radius 2 is 2.42 bits per heavy atom. The fourth-order valence-corrected chi connectivity index (χ4v) is 0.640. The van der Waals surface area contributed by atoms with Crippen LogP contribution in [0.1, 0.15) is 12.7 Å². The van der Waals surface area contributed by atoms with Crippen LogP contribution in [0.5, 0.6) is 0 Å². The van der Waals surface area contributed by atoms with E-state index in [4.69, 9.17) is 0 Å². The van der Waals surface area contributed by atoms with E-state index in [1.54, 1.807) is 0 Å². The molecule has 1 rings (SSSR count). The van der Waals surface area contributed by atoms with E-state index < -0.39 is 0 Å². The van der Waals surface area contributed by atoms with Crippen LogP contribution in [-0.4, -0.2) is 33.2 Å². The van der Waals surface area contributed by atoms with Crippen molar-refractivity contribution in [2.24, 2.45) is 0 Å². The van der Waals surface area contributed by atoms with Gasteiger partial charge in [0.05, 0.1) is 6.54 Å². The van der Waals surface area contributed by atoms with Crippen molar-refractivity contribution in [2.45, 2.75) is 13.5 Å². The molecule has 0 aliphatic rings. The minimum absolute atomic E-state index is 0.234. The predicted octanol–water partition coefficient (Wildman–Crippen LogP) is -0.981. The van der Waals surface area contributed by atoms with Crippen LogP contribution in [0.2, 0.25) is 0 Å². The topological polar surface area (TPSA) is 95.6 Å². The molecule has 0 spiro atoms. The lowest BCUT2D eigenvalue weighted by Gasteiger charge is -2.01. The molecule has 0 atom stereocenters. The van der Waals surface area contributed by atoms with Crippen LogP contribution in [0, 0.1) is 0 Å². The predicted molar refractivity (Wildman–Crippen MR) is 40.1 cm³/mol. The molecule has 0 saturated carbocycles. The van der Waals surface area contributed by atoms with Crippen LogP contribution in [0.25, 0.3) is 0 Å². The summed E-state index contributed by atoms with van der Waals surface area (Å²) in [6.45, 7) is 2.72. The zero-order valence-electron chi connectivity index (χ0n) is 6.66. The standard InChI is InChI=1S/C5H10N6O/c1-2-6-5(12)7-3-4-8-10-11-9-4/h2-3H2,1H3,(H2,6,7,12)(H,8,9,10,11). The Bertz CT molecular complexity index is 232. The van der Waals surface area contributed by atoms with Gasteiger partial charge < -0.3 is 10.6 Å². The fourth-order valence-electron chi connectivity index (χ4n) is 0.640. The van der Waals surface area contributed by atoms with Crippen LogP contribution < -0.4 is 10.6 Å². The summed E-state index contributed by atoms with van der Waals surface area (Å²) >= 11 is 0. The molecule has 0 aliphatic heterocycles. The van der Waals surface area contributed by atoms with Gasteiger partial charge in [0.1, 0.15) is 0 Å². The van der Waals surface area contributed by atoms with Crippen molar-refractivity contribution in [1.82, 2.24) is 31.3 Å². The molecule has 0 unspecified atom stereocenters. The van der Waals surface area contributed by atoms with E-state index in [-0.39, 0.29) is 12.6 Å². The Morgan fingerprint density at radius 3 is 3.00 bits per heavy atom. The van der Waals surface area contributed by atoms with Gasteiger partial charge in [0.25, 0.3) is 0 Å². The van der Waals surface area contributed by atoms with E-state index in [1.165, 1.54) is 0 Å². The van der Waals surface area contributed by atoms with Gasteiger partial charge in [-0.05, 0) is 6.92 Å². The molecule has 66 valence electrons. The van der Waals surface area contributed by atoms with Crippen LogP contribution in [0.3, 0.4) is 0 Å². The molecule has 0 saturated heterocycles. The number of aromatic nitrogens is 4. The highest BCUT2D eigenvalue weighted by molar-refractivity contribution is 5.73. The van der Waals surface area contributed by atoms with Gasteiger partial charge in [-0.2, -0.15) is 5.21 Å². The van der Waals surface area contributed by atoms with Crippen molar-refractivity contribution in [3.8, 4) is 0 Å². The zero-order chi connectivity index (χ0) is 8.81. The molecule has 1 aromatic rings. The number of hydrogen-bond acceptors (Lipinski definition) is 4. The van der Waals surface area contributed by atoms with Gasteiger partial charge >= 0.3 is 6.03 Å². The van der Waals surface area contributed by atoms with Gasteiger partial charge in [0.2, 0.25) is 0 Å². The molecule has 0 aromatic carbocycles. The summed E-state index contributed by atoms with van der Waals surface area (Å²) in [6.07, 6.45) is 0. The number of amides is 2. The molecule has 1 aromatic heterocycles. The number of hydrogen-bond donors (Lipinski definition) is 3. The Kier molecular flexibility index (Phi) is 3.00. The summed E-state index contributed by atoms with van der Waals surface area (Å²) in [5.41, 5.74) is 0. The van der Waals surface area contributed by atoms with Gasteiger partial charge in [-0.15, -0.1) is 10.2 Å². The van der Waals surface area contributed by atoms with E-state index in [0.717, 1.165) is 0 Å². The zero-order valence-corrected chi connectivity index (χ0v) is 6.66. The molecule has 0 bridgehead atoms. The van der Waals surface area contributed by atoms with Crippen molar-refractivity contribution >= 4 is 6.03 Å². The molecule has 12 heavy (non-hydrogen) atoms. The monoisotopic (exact) mass is 170 g/mol. The molecule has 7 heteroatoms. The minimum atomic E-state index is -0.234. The molecular formula is C5H10N6O. The maximum atomic E-state index is 10.8. The van der Waals surface area contributed by atoms with Gasteiger partial charge in [-0.3, -0.25) is 0 Å². The van der Waals surface area contributed by atoms with E-state index in [1.807, 2.05) is 6.92 Å². The summed E-state index contributed by atoms with van der Waals surface area (Å²) in [7, 11) is 0. The highest BCUT2D eigenvalue weighted by Gasteiger charge is 2.00. The second-order valence-corrected chi connectivity index (χ2v) is 2.04. The number of aromatic amines is 1. The summed E-state index contributed by atoms with van der Waals surface area (Å²) in [6, 6.07) is -0.234. The van der Waals surface area contributed by atoms with Crippen molar-refractivity contribution in [3.05, 3.63) is 5.82 Å². The number of nitrogens with one attached hydrogen (secondary N) is 3. The second-order valence-electron chi connectivity index (χ2n) is 2.04. The van der Waals surface area contributed by atoms with Gasteiger partial charge in [0, 0.05) is 6.54 Å². The number of H-pyrrole nitrogens is 1. The average molecular weight is 170 g/mol. The molecule has 0 radical (unpaired) electrons. The summed E-state index contributed by atoms with van der Waals surface area (Å²) in [4.78, 5) is 10.8. The third-order valence-electron chi connectivity index (χ3n) is 1.13. The van der Waals surface area contributed by atoms with Crippen molar-refractivity contribution in [1.29, 1.82) is 0 Å². The first-order valence-electron chi connectivity index (χ1n) is 3.57. The largest absolute Gasteiger partial charge is 0.338 e. The number of nitrogens with zero attached hydrogens (tertiary/aromatic N) is 3. The maximum absolute atomic E-state index is 10.8. The number of tetrazole rings is 1. The number of carbonyl (C=O) groups excluding carboxylic acids is 1. The lowest BCUT2D eigenvalue weighted by molar-refractivity contribution is 0.241. The van der Waals surface area contributed by atoms with E-state index in [0.29, 0.717) is 12.4 Å². The Balaban J connectivity index is 2.22. The van der Waals surface area contributed by atoms with Crippen molar-refractivity contribution < 1.29 is 4.79 Å². The first-order valence-corrected chi connectivity index (χ1v) is 3.57. The molecule has 3 N–H and O–H groups in total. The third kappa shape index (κ3) is 2.52. The molecule has 2 amide bonds. The maximum Gasteiger partial charge on any atom is 0.315 e. The highest BCUT2D eigenvalue weighted by Crippen LogP contribution is 1.80. The highest BCUT2D eigenvalue weighted by atomic mass is 16.2. The van der Waals surface area contributed by atoms with Crippen LogP contribution in [0.4, 0.5) is 4.79 Å². The minimum Gasteiger partial charge on any atom is -0.338 e. The molecule has 0 aliphatic carbocycles. The quantitative estimate of drug-likeness (QED) is 0.543. The van der Waals surface area contributed by atoms with Crippen LogP contribution in [-0.2, 0) is 6.54 Å². The van der Waals surface area contributed by atoms with Crippen molar-refractivity contribution in [2.75, 3.05) is 6.54 Å². The smallest absolute Gasteiger partial charge is 0.315 e. The molecule has 1 heterocycles. The number of urea groups is 1. The third-order valence-corrected chi connectivity index (χ3v) is 1.13. The summed E-state index contributed by atoms with van der Waals surface area (Å²) in [5, 5.41) is 18.1. The van der Waals surface area contributed by atoms with E-state index in [2.05, 4.69) is 31.3 Å². The molecular weight excluding hydrogens is 160 g/mol. The summed E-state index contributed by atoms with van der Waals surface area (Å²) in [5.74, 6) is 0.459. The Morgan fingerprint density at radius 1 is 1.58 bits per heavy atom. The first kappa shape index (κ1) is 8.44. The Hall–Kier alpha value is -1.66. The Labute approximate surface area is 68.9 Å². The van der Waals surface area contributed by atoms with E-state index >= 15 is 0 Å². The normalized spacial score (nSPS) is 9.42. The summed E-state index contributed by atoms with van der Waals surface area (Å²) < 4.78 is 0. The number of carbonyl (C=O) groups is 1. The second kappa shape index (κ2) is 4.27. The lowest BCUT2D eigenvalue weighted by atomic mass is 10.6. The van der Waals surface area contributed by atoms with E-state index in [9.17, 15) is 4.79 Å². The first-order chi connectivity index (χ1) is 5.83. The fraction of sp³-hybridized carbons (Fsp3) is 0.600. The molecule has 0 fully saturated rings. The SMILES string of the molecule is CCNC(=O)NCc1nn[nH]n1. The van der Waals surface area contributed by atoms with Crippen molar-refractivity contribution in [3.63, 3.8) is 0 Å². The van der Waals surface area contributed by atoms with Gasteiger partial charge in [0.15, 0.2) is 5.82 Å². The lowest BCUT2D eigenvalue weighted by Crippen LogP contribution is -2.34. The van der Waals surface area contributed by atoms with Gasteiger partial charge in [-0.25, -0.2) is 4.79 Å². The van der Waals surface area contributed by atoms with Gasteiger partial charge in [-0.1, -0.05) is 5.21 Å². The number of rotatable bonds is 3.